The molecule has 0 radical (unpaired) electrons. The van der Waals surface area contributed by atoms with E-state index < -0.39 is 0 Å². The molecule has 5 rings (SSSR count). The Bertz CT molecular complexity index is 1080. The molecule has 0 saturated carbocycles. The topological polar surface area (TPSA) is 81.8 Å². The fourth-order valence-corrected chi connectivity index (χ4v) is 4.24. The zero-order valence-electron chi connectivity index (χ0n) is 15.9. The fraction of sp³-hybridized carbons (Fsp3) is 0.381. The summed E-state index contributed by atoms with van der Waals surface area (Å²) in [6.45, 7) is 3.45. The maximum Gasteiger partial charge on any atom is 0.150 e. The average Bonchev–Trinajstić information content (AvgIpc) is 2.73. The van der Waals surface area contributed by atoms with E-state index in [1.807, 2.05) is 18.2 Å². The third-order valence-corrected chi connectivity index (χ3v) is 5.98. The Balaban J connectivity index is 1.31. The highest BCUT2D eigenvalue weighted by Crippen LogP contribution is 2.35. The molecule has 8 heteroatoms. The van der Waals surface area contributed by atoms with E-state index in [9.17, 15) is 0 Å². The molecule has 0 aromatic carbocycles. The highest BCUT2D eigenvalue weighted by atomic mass is 35.5. The molecule has 2 fully saturated rings. The predicted octanol–water partition coefficient (Wildman–Crippen LogP) is 3.42. The van der Waals surface area contributed by atoms with Crippen molar-refractivity contribution >= 4 is 34.3 Å². The molecule has 0 unspecified atom stereocenters. The number of rotatable bonds is 3. The first kappa shape index (κ1) is 18.1. The number of hydrogen-bond acceptors (Lipinski definition) is 7. The number of fused-ring (bicyclic) bond motifs is 1. The van der Waals surface area contributed by atoms with Gasteiger partial charge in [0.2, 0.25) is 0 Å². The average molecular weight is 406 g/mol. The van der Waals surface area contributed by atoms with Gasteiger partial charge in [-0.15, -0.1) is 0 Å². The van der Waals surface area contributed by atoms with E-state index in [2.05, 4.69) is 30.8 Å². The summed E-state index contributed by atoms with van der Waals surface area (Å²) in [7, 11) is 0. The Kier molecular flexibility index (Phi) is 4.64. The van der Waals surface area contributed by atoms with Crippen molar-refractivity contribution in [2.45, 2.75) is 18.8 Å². The first-order valence-corrected chi connectivity index (χ1v) is 10.2. The van der Waals surface area contributed by atoms with Gasteiger partial charge >= 0.3 is 0 Å². The van der Waals surface area contributed by atoms with Crippen molar-refractivity contribution < 1.29 is 0 Å². The molecule has 2 aliphatic heterocycles. The summed E-state index contributed by atoms with van der Waals surface area (Å²) >= 11 is 5.96. The molecule has 7 nitrogen and oxygen atoms in total. The number of anilines is 2. The second-order valence-corrected chi connectivity index (χ2v) is 7.99. The minimum atomic E-state index is 0.161. The van der Waals surface area contributed by atoms with Gasteiger partial charge in [0.05, 0.1) is 22.8 Å². The number of hydrogen-bond donors (Lipinski definition) is 0. The van der Waals surface area contributed by atoms with Crippen molar-refractivity contribution in [3.05, 3.63) is 47.5 Å². The van der Waals surface area contributed by atoms with Gasteiger partial charge in [0, 0.05) is 50.4 Å². The van der Waals surface area contributed by atoms with E-state index in [4.69, 9.17) is 21.8 Å². The zero-order chi connectivity index (χ0) is 19.8. The van der Waals surface area contributed by atoms with Crippen molar-refractivity contribution in [2.24, 2.45) is 5.92 Å². The molecule has 0 spiro atoms. The summed E-state index contributed by atoms with van der Waals surface area (Å²) < 4.78 is 0. The molecule has 0 atom stereocenters. The Morgan fingerprint density at radius 3 is 2.45 bits per heavy atom. The van der Waals surface area contributed by atoms with Gasteiger partial charge in [0.1, 0.15) is 11.0 Å². The van der Waals surface area contributed by atoms with E-state index >= 15 is 0 Å². The van der Waals surface area contributed by atoms with E-state index in [1.165, 1.54) is 0 Å². The third kappa shape index (κ3) is 3.45. The Hall–Kier alpha value is -2.98. The summed E-state index contributed by atoms with van der Waals surface area (Å²) in [5.74, 6) is 2.40. The smallest absolute Gasteiger partial charge is 0.150 e. The van der Waals surface area contributed by atoms with Crippen LogP contribution in [0.15, 0.2) is 36.7 Å². The van der Waals surface area contributed by atoms with Crippen molar-refractivity contribution in [3.63, 3.8) is 0 Å². The van der Waals surface area contributed by atoms with Crippen LogP contribution < -0.4 is 9.80 Å². The van der Waals surface area contributed by atoms with Gasteiger partial charge in [-0.3, -0.25) is 4.98 Å². The van der Waals surface area contributed by atoms with Crippen LogP contribution in [0.5, 0.6) is 0 Å². The molecule has 0 amide bonds. The maximum absolute atomic E-state index is 9.14. The summed E-state index contributed by atoms with van der Waals surface area (Å²) in [4.78, 5) is 22.8. The predicted molar refractivity (Wildman–Crippen MR) is 112 cm³/mol. The van der Waals surface area contributed by atoms with Crippen molar-refractivity contribution in [3.8, 4) is 6.07 Å². The lowest BCUT2D eigenvalue weighted by atomic mass is 9.94. The monoisotopic (exact) mass is 405 g/mol. The lowest BCUT2D eigenvalue weighted by Crippen LogP contribution is -2.47. The van der Waals surface area contributed by atoms with E-state index in [0.717, 1.165) is 67.4 Å². The van der Waals surface area contributed by atoms with Crippen molar-refractivity contribution in [1.82, 2.24) is 19.9 Å². The van der Waals surface area contributed by atoms with E-state index in [-0.39, 0.29) is 5.92 Å². The summed E-state index contributed by atoms with van der Waals surface area (Å²) in [5, 5.41) is 9.61. The highest BCUT2D eigenvalue weighted by Gasteiger charge is 2.34. The lowest BCUT2D eigenvalue weighted by Gasteiger charge is -2.41. The van der Waals surface area contributed by atoms with Crippen LogP contribution in [0, 0.1) is 17.2 Å². The molecule has 2 saturated heterocycles. The number of pyridine rings is 2. The molecule has 5 heterocycles. The molecule has 3 aromatic heterocycles. The van der Waals surface area contributed by atoms with Gasteiger partial charge in [-0.25, -0.2) is 15.0 Å². The van der Waals surface area contributed by atoms with Gasteiger partial charge < -0.3 is 9.80 Å². The van der Waals surface area contributed by atoms with Crippen LogP contribution in [-0.4, -0.2) is 46.1 Å². The third-order valence-electron chi connectivity index (χ3n) is 5.77. The zero-order valence-corrected chi connectivity index (χ0v) is 16.6. The molecular formula is C21H20ClN7. The van der Waals surface area contributed by atoms with E-state index in [0.29, 0.717) is 11.1 Å². The van der Waals surface area contributed by atoms with Crippen LogP contribution in [-0.2, 0) is 0 Å². The number of nitrogens with zero attached hydrogens (tertiary/aromatic N) is 7. The Morgan fingerprint density at radius 1 is 0.931 bits per heavy atom. The van der Waals surface area contributed by atoms with Crippen LogP contribution >= 0.6 is 11.6 Å². The van der Waals surface area contributed by atoms with Crippen molar-refractivity contribution in [1.29, 1.82) is 5.26 Å². The summed E-state index contributed by atoms with van der Waals surface area (Å²) in [6.07, 6.45) is 5.31. The fourth-order valence-electron chi connectivity index (χ4n) is 4.08. The number of aromatic nitrogens is 4. The first-order valence-electron chi connectivity index (χ1n) is 9.85. The minimum absolute atomic E-state index is 0.161. The number of nitriles is 1. The molecule has 29 heavy (non-hydrogen) atoms. The quantitative estimate of drug-likeness (QED) is 0.617. The highest BCUT2D eigenvalue weighted by molar-refractivity contribution is 6.29. The summed E-state index contributed by atoms with van der Waals surface area (Å²) in [5.41, 5.74) is 2.69. The van der Waals surface area contributed by atoms with Gasteiger partial charge in [-0.05, 0) is 37.1 Å². The van der Waals surface area contributed by atoms with Gasteiger partial charge in [0.25, 0.3) is 0 Å². The maximum atomic E-state index is 9.14. The number of halogens is 1. The molecule has 146 valence electrons. The molecule has 0 bridgehead atoms. The van der Waals surface area contributed by atoms with Crippen LogP contribution in [0.4, 0.5) is 11.6 Å². The van der Waals surface area contributed by atoms with Crippen molar-refractivity contribution in [2.75, 3.05) is 36.0 Å². The molecule has 2 aliphatic rings. The van der Waals surface area contributed by atoms with E-state index in [1.54, 1.807) is 18.5 Å². The molecule has 3 aromatic rings. The summed E-state index contributed by atoms with van der Waals surface area (Å²) in [6, 6.07) is 10.0. The molecule has 0 aliphatic carbocycles. The van der Waals surface area contributed by atoms with Gasteiger partial charge in [-0.1, -0.05) is 11.6 Å². The normalized spacial score (nSPS) is 17.9. The van der Waals surface area contributed by atoms with Crippen LogP contribution in [0.2, 0.25) is 5.15 Å². The lowest BCUT2D eigenvalue weighted by molar-refractivity contribution is 0.473. The Labute approximate surface area is 174 Å². The first-order chi connectivity index (χ1) is 14.2. The van der Waals surface area contributed by atoms with Gasteiger partial charge in [-0.2, -0.15) is 5.26 Å². The van der Waals surface area contributed by atoms with Crippen LogP contribution in [0.1, 0.15) is 24.5 Å². The SMILES string of the molecule is N#CC1CCN(c2nccnc2C2CN(c3ccc4nc(Cl)ccc4n3)C2)CC1. The molecule has 0 N–H and O–H groups in total. The van der Waals surface area contributed by atoms with Crippen LogP contribution in [0.3, 0.4) is 0 Å². The second kappa shape index (κ2) is 7.45. The van der Waals surface area contributed by atoms with Crippen LogP contribution in [0.25, 0.3) is 11.0 Å². The Morgan fingerprint density at radius 2 is 1.66 bits per heavy atom. The van der Waals surface area contributed by atoms with Gasteiger partial charge in [0.15, 0.2) is 5.82 Å². The second-order valence-electron chi connectivity index (χ2n) is 7.60. The molecular weight excluding hydrogens is 386 g/mol. The standard InChI is InChI=1S/C21H20ClN7/c22-18-3-1-17-16(26-18)2-4-19(27-17)29-12-15(13-29)20-21(25-8-7-24-20)28-9-5-14(11-23)6-10-28/h1-4,7-8,14-15H,5-6,9-10,12-13H2. The number of piperidine rings is 1. The largest absolute Gasteiger partial charge is 0.355 e. The minimum Gasteiger partial charge on any atom is -0.355 e.